The van der Waals surface area contributed by atoms with Gasteiger partial charge in [-0.25, -0.2) is 0 Å². The molecule has 4 rings (SSSR count). The highest BCUT2D eigenvalue weighted by Crippen LogP contribution is 2.35. The summed E-state index contributed by atoms with van der Waals surface area (Å²) in [4.78, 5) is 49.3. The molecule has 0 saturated heterocycles. The molecule has 0 radical (unpaired) electrons. The summed E-state index contributed by atoms with van der Waals surface area (Å²) >= 11 is 0.529. The van der Waals surface area contributed by atoms with Gasteiger partial charge in [-0.2, -0.15) is 8.61 Å². The molecule has 0 saturated carbocycles. The molecule has 112 valence electrons. The summed E-state index contributed by atoms with van der Waals surface area (Å²) in [7, 11) is 0. The Morgan fingerprint density at radius 1 is 0.522 bits per heavy atom. The van der Waals surface area contributed by atoms with E-state index in [0.29, 0.717) is 12.1 Å². The Morgan fingerprint density at radius 3 is 1.04 bits per heavy atom. The van der Waals surface area contributed by atoms with Crippen LogP contribution < -0.4 is 0 Å². The van der Waals surface area contributed by atoms with Crippen molar-refractivity contribution in [1.29, 1.82) is 0 Å². The van der Waals surface area contributed by atoms with E-state index in [-0.39, 0.29) is 22.3 Å². The zero-order chi connectivity index (χ0) is 16.1. The Labute approximate surface area is 134 Å². The van der Waals surface area contributed by atoms with E-state index in [1.54, 1.807) is 48.5 Å². The third kappa shape index (κ3) is 1.83. The van der Waals surface area contributed by atoms with Gasteiger partial charge in [-0.3, -0.25) is 19.2 Å². The minimum absolute atomic E-state index is 0.265. The van der Waals surface area contributed by atoms with Crippen LogP contribution in [0.1, 0.15) is 41.4 Å². The van der Waals surface area contributed by atoms with Gasteiger partial charge in [0.25, 0.3) is 23.6 Å². The average molecular weight is 324 g/mol. The van der Waals surface area contributed by atoms with Crippen LogP contribution in [0, 0.1) is 0 Å². The molecule has 2 aromatic rings. The topological polar surface area (TPSA) is 74.8 Å². The fraction of sp³-hybridized carbons (Fsp3) is 0. The van der Waals surface area contributed by atoms with Gasteiger partial charge in [-0.05, 0) is 24.3 Å². The van der Waals surface area contributed by atoms with E-state index in [4.69, 9.17) is 0 Å². The zero-order valence-corrected chi connectivity index (χ0v) is 12.4. The Kier molecular flexibility index (Phi) is 2.85. The molecule has 2 aliphatic heterocycles. The molecule has 0 bridgehead atoms. The summed E-state index contributed by atoms with van der Waals surface area (Å²) in [5.74, 6) is -2.14. The van der Waals surface area contributed by atoms with Gasteiger partial charge in [-0.1, -0.05) is 24.3 Å². The fourth-order valence-electron chi connectivity index (χ4n) is 2.56. The van der Waals surface area contributed by atoms with E-state index in [9.17, 15) is 19.2 Å². The van der Waals surface area contributed by atoms with Crippen LogP contribution in [0.2, 0.25) is 0 Å². The van der Waals surface area contributed by atoms with Crippen molar-refractivity contribution in [3.63, 3.8) is 0 Å². The minimum Gasteiger partial charge on any atom is -0.268 e. The Balaban J connectivity index is 1.66. The summed E-state index contributed by atoms with van der Waals surface area (Å²) in [6.07, 6.45) is 0. The average Bonchev–Trinajstić information content (AvgIpc) is 2.97. The maximum absolute atomic E-state index is 12.3. The fourth-order valence-corrected chi connectivity index (χ4v) is 3.42. The molecule has 23 heavy (non-hydrogen) atoms. The van der Waals surface area contributed by atoms with Gasteiger partial charge in [-0.15, -0.1) is 0 Å². The standard InChI is InChI=1S/C16H8N2O4S/c19-13-9-5-1-2-6-10(9)14(20)17(13)23-18-15(21)11-7-3-4-8-12(11)16(18)22/h1-8H. The summed E-state index contributed by atoms with van der Waals surface area (Å²) in [5.41, 5.74) is 1.06. The smallest absolute Gasteiger partial charge is 0.268 e. The van der Waals surface area contributed by atoms with Gasteiger partial charge in [0, 0.05) is 0 Å². The minimum atomic E-state index is -0.535. The number of rotatable bonds is 2. The molecule has 7 heteroatoms. The third-order valence-electron chi connectivity index (χ3n) is 3.68. The van der Waals surface area contributed by atoms with Gasteiger partial charge in [0.2, 0.25) is 0 Å². The first-order valence-electron chi connectivity index (χ1n) is 6.73. The van der Waals surface area contributed by atoms with Crippen LogP contribution in [0.3, 0.4) is 0 Å². The highest BCUT2D eigenvalue weighted by atomic mass is 32.2. The summed E-state index contributed by atoms with van der Waals surface area (Å²) < 4.78 is 1.68. The molecule has 6 nitrogen and oxygen atoms in total. The SMILES string of the molecule is O=C1c2ccccc2C(=O)N1SN1C(=O)c2ccccc2C1=O. The molecule has 2 aliphatic rings. The number of hydrogen-bond acceptors (Lipinski definition) is 5. The molecule has 0 unspecified atom stereocenters. The molecule has 0 aromatic heterocycles. The maximum Gasteiger partial charge on any atom is 0.273 e. The summed E-state index contributed by atoms with van der Waals surface area (Å²) in [6.45, 7) is 0. The molecule has 4 amide bonds. The van der Waals surface area contributed by atoms with Gasteiger partial charge >= 0.3 is 0 Å². The number of benzene rings is 2. The molecule has 0 atom stereocenters. The van der Waals surface area contributed by atoms with Crippen molar-refractivity contribution in [2.45, 2.75) is 0 Å². The van der Waals surface area contributed by atoms with E-state index in [2.05, 4.69) is 0 Å². The lowest BCUT2D eigenvalue weighted by atomic mass is 10.1. The molecule has 2 heterocycles. The predicted molar refractivity (Wildman–Crippen MR) is 81.5 cm³/mol. The van der Waals surface area contributed by atoms with E-state index in [1.165, 1.54) is 0 Å². The second-order valence-electron chi connectivity index (χ2n) is 4.98. The van der Waals surface area contributed by atoms with Crippen molar-refractivity contribution in [1.82, 2.24) is 8.61 Å². The third-order valence-corrected chi connectivity index (χ3v) is 4.67. The Bertz CT molecular complexity index is 765. The zero-order valence-electron chi connectivity index (χ0n) is 11.6. The summed E-state index contributed by atoms with van der Waals surface area (Å²) in [6, 6.07) is 12.8. The Morgan fingerprint density at radius 2 is 0.783 bits per heavy atom. The van der Waals surface area contributed by atoms with Crippen LogP contribution in [0.25, 0.3) is 0 Å². The second kappa shape index (κ2) is 4.79. The van der Waals surface area contributed by atoms with E-state index in [1.807, 2.05) is 0 Å². The summed E-state index contributed by atoms with van der Waals surface area (Å²) in [5, 5.41) is 0. The first-order valence-corrected chi connectivity index (χ1v) is 7.46. The number of hydrogen-bond donors (Lipinski definition) is 0. The van der Waals surface area contributed by atoms with Crippen molar-refractivity contribution >= 4 is 35.8 Å². The lowest BCUT2D eigenvalue weighted by Crippen LogP contribution is -2.32. The number of imide groups is 2. The molecule has 0 fully saturated rings. The first kappa shape index (κ1) is 13.7. The van der Waals surface area contributed by atoms with Gasteiger partial charge in [0.15, 0.2) is 0 Å². The quantitative estimate of drug-likeness (QED) is 0.625. The van der Waals surface area contributed by atoms with E-state index >= 15 is 0 Å². The van der Waals surface area contributed by atoms with Crippen LogP contribution in [-0.4, -0.2) is 32.2 Å². The Hall–Kier alpha value is -2.93. The van der Waals surface area contributed by atoms with Gasteiger partial charge in [0.05, 0.1) is 34.4 Å². The van der Waals surface area contributed by atoms with Crippen molar-refractivity contribution in [3.8, 4) is 0 Å². The highest BCUT2D eigenvalue weighted by Gasteiger charge is 2.43. The van der Waals surface area contributed by atoms with Crippen molar-refractivity contribution < 1.29 is 19.2 Å². The number of nitrogens with zero attached hydrogens (tertiary/aromatic N) is 2. The van der Waals surface area contributed by atoms with Crippen LogP contribution in [0.4, 0.5) is 0 Å². The molecule has 0 spiro atoms. The molecule has 0 N–H and O–H groups in total. The van der Waals surface area contributed by atoms with Crippen molar-refractivity contribution in [2.24, 2.45) is 0 Å². The second-order valence-corrected chi connectivity index (χ2v) is 5.88. The van der Waals surface area contributed by atoms with Crippen LogP contribution >= 0.6 is 12.1 Å². The number of amides is 4. The monoisotopic (exact) mass is 324 g/mol. The van der Waals surface area contributed by atoms with E-state index < -0.39 is 23.6 Å². The molecule has 2 aromatic carbocycles. The highest BCUT2D eigenvalue weighted by molar-refractivity contribution is 7.97. The number of fused-ring (bicyclic) bond motifs is 2. The lowest BCUT2D eigenvalue weighted by molar-refractivity contribution is 0.0753. The van der Waals surface area contributed by atoms with Gasteiger partial charge < -0.3 is 0 Å². The first-order chi connectivity index (χ1) is 11.1. The van der Waals surface area contributed by atoms with Crippen LogP contribution in [0.5, 0.6) is 0 Å². The number of carbonyl (C=O) groups is 4. The molecule has 0 aliphatic carbocycles. The van der Waals surface area contributed by atoms with Gasteiger partial charge in [0.1, 0.15) is 0 Å². The number of carbonyl (C=O) groups excluding carboxylic acids is 4. The molecular formula is C16H8N2O4S. The van der Waals surface area contributed by atoms with Crippen molar-refractivity contribution in [3.05, 3.63) is 70.8 Å². The maximum atomic E-state index is 12.3. The van der Waals surface area contributed by atoms with E-state index in [0.717, 1.165) is 8.61 Å². The van der Waals surface area contributed by atoms with Crippen LogP contribution in [-0.2, 0) is 0 Å². The lowest BCUT2D eigenvalue weighted by Gasteiger charge is -2.18. The molecular weight excluding hydrogens is 316 g/mol. The largest absolute Gasteiger partial charge is 0.273 e. The normalized spacial score (nSPS) is 16.2. The van der Waals surface area contributed by atoms with Crippen LogP contribution in [0.15, 0.2) is 48.5 Å². The van der Waals surface area contributed by atoms with Crippen molar-refractivity contribution in [2.75, 3.05) is 0 Å². The predicted octanol–water partition coefficient (Wildman–Crippen LogP) is 2.14.